The molecule has 1 heterocycles. The van der Waals surface area contributed by atoms with Crippen LogP contribution in [0.3, 0.4) is 0 Å². The van der Waals surface area contributed by atoms with Crippen molar-refractivity contribution < 1.29 is 24.2 Å². The van der Waals surface area contributed by atoms with E-state index >= 15 is 0 Å². The van der Waals surface area contributed by atoms with Gasteiger partial charge in [-0.1, -0.05) is 56.6 Å². The Morgan fingerprint density at radius 2 is 1.76 bits per heavy atom. The Morgan fingerprint density at radius 1 is 1.12 bits per heavy atom. The van der Waals surface area contributed by atoms with Crippen LogP contribution in [0.15, 0.2) is 42.0 Å². The molecule has 1 fully saturated rings. The Morgan fingerprint density at radius 3 is 2.32 bits per heavy atom. The molecule has 7 heteroatoms. The van der Waals surface area contributed by atoms with Crippen molar-refractivity contribution in [1.29, 1.82) is 0 Å². The number of amides is 1. The van der Waals surface area contributed by atoms with Crippen LogP contribution >= 0.6 is 11.6 Å². The lowest BCUT2D eigenvalue weighted by Gasteiger charge is -2.26. The number of aliphatic hydroxyl groups is 1. The molecule has 34 heavy (non-hydrogen) atoms. The number of aryl methyl sites for hydroxylation is 1. The molecule has 1 saturated heterocycles. The molecule has 1 amide bonds. The second-order valence-corrected chi connectivity index (χ2v) is 9.95. The second-order valence-electron chi connectivity index (χ2n) is 9.54. The number of methoxy groups -OCH3 is 2. The maximum Gasteiger partial charge on any atom is 0.295 e. The molecule has 3 rings (SSSR count). The summed E-state index contributed by atoms with van der Waals surface area (Å²) in [4.78, 5) is 27.8. The molecule has 1 N–H and O–H groups in total. The number of likely N-dealkylation sites (tertiary alicyclic amines) is 1. The van der Waals surface area contributed by atoms with E-state index in [0.29, 0.717) is 24.6 Å². The van der Waals surface area contributed by atoms with Crippen molar-refractivity contribution in [3.8, 4) is 5.75 Å². The first-order valence-corrected chi connectivity index (χ1v) is 11.6. The molecule has 0 saturated carbocycles. The molecule has 6 nitrogen and oxygen atoms in total. The minimum absolute atomic E-state index is 0.0193. The monoisotopic (exact) mass is 485 g/mol. The molecule has 1 atom stereocenters. The lowest BCUT2D eigenvalue weighted by atomic mass is 9.85. The molecule has 182 valence electrons. The number of carbonyl (C=O) groups excluding carboxylic acids is 2. The summed E-state index contributed by atoms with van der Waals surface area (Å²) in [6.07, 6.45) is 0.555. The summed E-state index contributed by atoms with van der Waals surface area (Å²) in [5.74, 6) is -1.45. The highest BCUT2D eigenvalue weighted by atomic mass is 35.5. The first-order valence-electron chi connectivity index (χ1n) is 11.2. The van der Waals surface area contributed by atoms with Gasteiger partial charge in [0.1, 0.15) is 11.5 Å². The van der Waals surface area contributed by atoms with Gasteiger partial charge in [-0.15, -0.1) is 0 Å². The third-order valence-electron chi connectivity index (χ3n) is 6.03. The van der Waals surface area contributed by atoms with Gasteiger partial charge in [0, 0.05) is 20.3 Å². The molecule has 0 bridgehead atoms. The van der Waals surface area contributed by atoms with Gasteiger partial charge < -0.3 is 19.5 Å². The number of hydrogen-bond donors (Lipinski definition) is 1. The van der Waals surface area contributed by atoms with E-state index in [0.717, 1.165) is 16.7 Å². The summed E-state index contributed by atoms with van der Waals surface area (Å²) in [6, 6.07) is 10.5. The average Bonchev–Trinajstić information content (AvgIpc) is 3.03. The van der Waals surface area contributed by atoms with E-state index in [-0.39, 0.29) is 28.1 Å². The highest BCUT2D eigenvalue weighted by Gasteiger charge is 2.46. The van der Waals surface area contributed by atoms with Gasteiger partial charge in [0.25, 0.3) is 11.7 Å². The van der Waals surface area contributed by atoms with Crippen LogP contribution in [0.1, 0.15) is 55.5 Å². The van der Waals surface area contributed by atoms with Crippen LogP contribution in [0.5, 0.6) is 5.75 Å². The van der Waals surface area contributed by atoms with Gasteiger partial charge in [-0.05, 0) is 47.6 Å². The highest BCUT2D eigenvalue weighted by Crippen LogP contribution is 2.43. The van der Waals surface area contributed by atoms with Gasteiger partial charge in [-0.2, -0.15) is 0 Å². The van der Waals surface area contributed by atoms with Gasteiger partial charge in [0.05, 0.1) is 29.3 Å². The number of halogens is 1. The number of Topliss-reactive ketones (excluding diaryl/α,β-unsaturated/α-hetero) is 1. The largest absolute Gasteiger partial charge is 0.507 e. The van der Waals surface area contributed by atoms with E-state index < -0.39 is 17.7 Å². The van der Waals surface area contributed by atoms with Gasteiger partial charge in [-0.3, -0.25) is 9.59 Å². The summed E-state index contributed by atoms with van der Waals surface area (Å²) >= 11 is 6.34. The lowest BCUT2D eigenvalue weighted by Crippen LogP contribution is -2.31. The van der Waals surface area contributed by atoms with Crippen molar-refractivity contribution in [3.63, 3.8) is 0 Å². The zero-order chi connectivity index (χ0) is 25.2. The van der Waals surface area contributed by atoms with Crippen LogP contribution in [-0.2, 0) is 19.7 Å². The van der Waals surface area contributed by atoms with E-state index in [2.05, 4.69) is 20.8 Å². The van der Waals surface area contributed by atoms with Crippen LogP contribution in [0.2, 0.25) is 5.02 Å². The van der Waals surface area contributed by atoms with Crippen molar-refractivity contribution in [1.82, 2.24) is 4.90 Å². The fourth-order valence-electron chi connectivity index (χ4n) is 4.26. The summed E-state index contributed by atoms with van der Waals surface area (Å²) in [6.45, 7) is 8.94. The van der Waals surface area contributed by atoms with E-state index in [4.69, 9.17) is 21.1 Å². The quantitative estimate of drug-likeness (QED) is 0.245. The minimum Gasteiger partial charge on any atom is -0.507 e. The lowest BCUT2D eigenvalue weighted by molar-refractivity contribution is -0.140. The summed E-state index contributed by atoms with van der Waals surface area (Å²) < 4.78 is 10.6. The van der Waals surface area contributed by atoms with Gasteiger partial charge >= 0.3 is 0 Å². The van der Waals surface area contributed by atoms with E-state index in [1.807, 2.05) is 31.2 Å². The number of rotatable bonds is 7. The number of ether oxygens (including phenoxy) is 2. The molecular formula is C27H32ClNO5. The first-order chi connectivity index (χ1) is 16.0. The van der Waals surface area contributed by atoms with Gasteiger partial charge in [0.15, 0.2) is 0 Å². The van der Waals surface area contributed by atoms with E-state index in [9.17, 15) is 14.7 Å². The predicted molar refractivity (Wildman–Crippen MR) is 133 cm³/mol. The SMILES string of the molecule is COCCCN1C(=O)C(=O)/C(=C(/O)c2cc(C)cc(Cl)c2OC)C1c1ccc(C(C)(C)C)cc1. The van der Waals surface area contributed by atoms with Crippen molar-refractivity contribution >= 4 is 29.1 Å². The Balaban J connectivity index is 2.21. The number of benzene rings is 2. The molecule has 0 radical (unpaired) electrons. The van der Waals surface area contributed by atoms with Crippen molar-refractivity contribution in [3.05, 3.63) is 69.2 Å². The van der Waals surface area contributed by atoms with Crippen molar-refractivity contribution in [2.45, 2.75) is 45.6 Å². The molecular weight excluding hydrogens is 454 g/mol. The van der Waals surface area contributed by atoms with Crippen LogP contribution in [0, 0.1) is 6.92 Å². The molecule has 1 aliphatic rings. The third kappa shape index (κ3) is 4.98. The Labute approximate surface area is 206 Å². The maximum absolute atomic E-state index is 13.2. The maximum atomic E-state index is 13.2. The molecule has 0 aliphatic carbocycles. The van der Waals surface area contributed by atoms with Gasteiger partial charge in [-0.25, -0.2) is 0 Å². The number of ketones is 1. The second kappa shape index (κ2) is 10.2. The summed E-state index contributed by atoms with van der Waals surface area (Å²) in [7, 11) is 3.03. The fraction of sp³-hybridized carbons (Fsp3) is 0.407. The molecule has 0 aromatic heterocycles. The number of carbonyl (C=O) groups is 2. The molecule has 2 aromatic carbocycles. The number of nitrogens with zero attached hydrogens (tertiary/aromatic N) is 1. The van der Waals surface area contributed by atoms with Crippen molar-refractivity contribution in [2.24, 2.45) is 0 Å². The molecule has 0 spiro atoms. The smallest absolute Gasteiger partial charge is 0.295 e. The molecule has 1 unspecified atom stereocenters. The third-order valence-corrected chi connectivity index (χ3v) is 6.31. The number of hydrogen-bond acceptors (Lipinski definition) is 5. The Hall–Kier alpha value is -2.83. The normalized spacial score (nSPS) is 18.0. The summed E-state index contributed by atoms with van der Waals surface area (Å²) in [5, 5.41) is 11.7. The van der Waals surface area contributed by atoms with Crippen LogP contribution < -0.4 is 4.74 Å². The first kappa shape index (κ1) is 25.8. The summed E-state index contributed by atoms with van der Waals surface area (Å²) in [5.41, 5.74) is 2.89. The average molecular weight is 486 g/mol. The number of aliphatic hydroxyl groups excluding tert-OH is 1. The van der Waals surface area contributed by atoms with E-state index in [1.54, 1.807) is 19.2 Å². The van der Waals surface area contributed by atoms with Gasteiger partial charge in [0.2, 0.25) is 0 Å². The topological polar surface area (TPSA) is 76.1 Å². The standard InChI is InChI=1S/C27H32ClNO5/c1-16-14-19(25(34-6)20(28)15-16)23(30)21-22(17-8-10-18(11-9-17)27(2,3)4)29(12-7-13-33-5)26(32)24(21)31/h8-11,14-15,22,30H,7,12-13H2,1-6H3/b23-21+. The highest BCUT2D eigenvalue weighted by molar-refractivity contribution is 6.46. The zero-order valence-corrected chi connectivity index (χ0v) is 21.3. The molecule has 2 aromatic rings. The van der Waals surface area contributed by atoms with Crippen LogP contribution in [0.25, 0.3) is 5.76 Å². The molecule has 1 aliphatic heterocycles. The fourth-order valence-corrected chi connectivity index (χ4v) is 4.61. The predicted octanol–water partition coefficient (Wildman–Crippen LogP) is 5.41. The Bertz CT molecular complexity index is 1120. The van der Waals surface area contributed by atoms with E-state index in [1.165, 1.54) is 12.0 Å². The minimum atomic E-state index is -0.741. The van der Waals surface area contributed by atoms with Crippen molar-refractivity contribution in [2.75, 3.05) is 27.4 Å². The van der Waals surface area contributed by atoms with Crippen LogP contribution in [-0.4, -0.2) is 49.1 Å². The van der Waals surface area contributed by atoms with Crippen LogP contribution in [0.4, 0.5) is 0 Å². The zero-order valence-electron chi connectivity index (χ0n) is 20.6. The Kier molecular flexibility index (Phi) is 7.74.